The summed E-state index contributed by atoms with van der Waals surface area (Å²) in [5.41, 5.74) is -0.0882. The first-order valence-electron chi connectivity index (χ1n) is 12.2. The van der Waals surface area contributed by atoms with E-state index >= 15 is 0 Å². The lowest BCUT2D eigenvalue weighted by Crippen LogP contribution is -2.62. The third kappa shape index (κ3) is 3.34. The van der Waals surface area contributed by atoms with Crippen LogP contribution < -0.4 is 0 Å². The van der Waals surface area contributed by atoms with Gasteiger partial charge in [0, 0.05) is 6.42 Å². The number of methoxy groups -OCH3 is 1. The van der Waals surface area contributed by atoms with Gasteiger partial charge in [0.05, 0.1) is 25.4 Å². The Kier molecular flexibility index (Phi) is 6.04. The Hall–Kier alpha value is -0.650. The average Bonchev–Trinajstić information content (AvgIpc) is 3.06. The molecule has 4 rings (SSSR count). The van der Waals surface area contributed by atoms with Gasteiger partial charge in [-0.1, -0.05) is 20.8 Å². The first kappa shape index (κ1) is 22.5. The van der Waals surface area contributed by atoms with Crippen molar-refractivity contribution in [1.29, 1.82) is 0 Å². The molecule has 0 heterocycles. The monoisotopic (exact) mass is 422 g/mol. The minimum Gasteiger partial charge on any atom is -0.469 e. The number of aliphatic hydroxyl groups excluding tert-OH is 3. The number of carbonyl (C=O) groups excluding carboxylic acids is 1. The Bertz CT molecular complexity index is 651. The van der Waals surface area contributed by atoms with E-state index in [4.69, 9.17) is 4.74 Å². The minimum absolute atomic E-state index is 0.111. The first-order chi connectivity index (χ1) is 14.1. The van der Waals surface area contributed by atoms with Crippen molar-refractivity contribution in [3.63, 3.8) is 0 Å². The van der Waals surface area contributed by atoms with E-state index in [1.54, 1.807) is 0 Å². The highest BCUT2D eigenvalue weighted by Gasteiger charge is 2.65. The lowest BCUT2D eigenvalue weighted by molar-refractivity contribution is -0.207. The molecule has 30 heavy (non-hydrogen) atoms. The molecule has 3 N–H and O–H groups in total. The number of hydrogen-bond donors (Lipinski definition) is 3. The summed E-state index contributed by atoms with van der Waals surface area (Å²) in [5, 5.41) is 33.1. The van der Waals surface area contributed by atoms with Crippen molar-refractivity contribution in [1.82, 2.24) is 0 Å². The van der Waals surface area contributed by atoms with E-state index in [-0.39, 0.29) is 41.0 Å². The van der Waals surface area contributed by atoms with E-state index in [1.165, 1.54) is 7.11 Å². The van der Waals surface area contributed by atoms with Gasteiger partial charge in [-0.15, -0.1) is 0 Å². The number of aliphatic hydroxyl groups is 3. The Balaban J connectivity index is 1.58. The maximum Gasteiger partial charge on any atom is 0.305 e. The molecule has 5 heteroatoms. The molecule has 0 unspecified atom stereocenters. The van der Waals surface area contributed by atoms with Crippen LogP contribution in [-0.4, -0.2) is 46.7 Å². The van der Waals surface area contributed by atoms with E-state index < -0.39 is 0 Å². The predicted octanol–water partition coefficient (Wildman–Crippen LogP) is 3.54. The normalized spacial score (nSPS) is 51.4. The van der Waals surface area contributed by atoms with Crippen LogP contribution in [0.3, 0.4) is 0 Å². The number of ether oxygens (including phenoxy) is 1. The van der Waals surface area contributed by atoms with E-state index in [9.17, 15) is 20.1 Å². The number of hydrogen-bond acceptors (Lipinski definition) is 5. The lowest BCUT2D eigenvalue weighted by atomic mass is 9.43. The Morgan fingerprint density at radius 1 is 1.07 bits per heavy atom. The Labute approximate surface area is 181 Å². The number of carbonyl (C=O) groups is 1. The molecule has 0 spiro atoms. The highest BCUT2D eigenvalue weighted by molar-refractivity contribution is 5.69. The molecule has 0 amide bonds. The summed E-state index contributed by atoms with van der Waals surface area (Å²) in [6, 6.07) is 0. The third-order valence-electron chi connectivity index (χ3n) is 10.6. The van der Waals surface area contributed by atoms with Crippen LogP contribution >= 0.6 is 0 Å². The Morgan fingerprint density at radius 2 is 1.80 bits per heavy atom. The van der Waals surface area contributed by atoms with Gasteiger partial charge in [0.1, 0.15) is 0 Å². The molecule has 172 valence electrons. The van der Waals surface area contributed by atoms with Gasteiger partial charge < -0.3 is 20.1 Å². The topological polar surface area (TPSA) is 87.0 Å². The fourth-order valence-corrected chi connectivity index (χ4v) is 8.78. The molecule has 0 aromatic carbocycles. The number of esters is 1. The molecule has 0 aliphatic heterocycles. The van der Waals surface area contributed by atoms with Crippen molar-refractivity contribution in [2.75, 3.05) is 7.11 Å². The third-order valence-corrected chi connectivity index (χ3v) is 10.6. The van der Waals surface area contributed by atoms with Gasteiger partial charge in [-0.3, -0.25) is 4.79 Å². The molecule has 5 nitrogen and oxygen atoms in total. The fraction of sp³-hybridized carbons (Fsp3) is 0.960. The van der Waals surface area contributed by atoms with Gasteiger partial charge in [-0.05, 0) is 97.7 Å². The van der Waals surface area contributed by atoms with E-state index in [1.807, 2.05) is 0 Å². The zero-order valence-electron chi connectivity index (χ0n) is 19.2. The van der Waals surface area contributed by atoms with Gasteiger partial charge in [0.2, 0.25) is 0 Å². The molecule has 4 aliphatic rings. The smallest absolute Gasteiger partial charge is 0.305 e. The highest BCUT2D eigenvalue weighted by Crippen LogP contribution is 2.68. The van der Waals surface area contributed by atoms with Gasteiger partial charge >= 0.3 is 5.97 Å². The van der Waals surface area contributed by atoms with E-state index in [0.29, 0.717) is 36.0 Å². The van der Waals surface area contributed by atoms with E-state index in [2.05, 4.69) is 20.8 Å². The zero-order chi connectivity index (χ0) is 21.8. The van der Waals surface area contributed by atoms with Gasteiger partial charge in [-0.25, -0.2) is 0 Å². The molecule has 4 fully saturated rings. The van der Waals surface area contributed by atoms with Crippen molar-refractivity contribution in [2.45, 2.75) is 96.9 Å². The van der Waals surface area contributed by atoms with Crippen LogP contribution in [0.25, 0.3) is 0 Å². The predicted molar refractivity (Wildman–Crippen MR) is 114 cm³/mol. The molecule has 0 aromatic heterocycles. The van der Waals surface area contributed by atoms with Crippen molar-refractivity contribution in [3.8, 4) is 0 Å². The van der Waals surface area contributed by atoms with Crippen LogP contribution in [0.5, 0.6) is 0 Å². The van der Waals surface area contributed by atoms with Crippen LogP contribution in [-0.2, 0) is 9.53 Å². The maximum absolute atomic E-state index is 11.7. The van der Waals surface area contributed by atoms with Crippen LogP contribution in [0.1, 0.15) is 78.6 Å². The number of rotatable bonds is 4. The van der Waals surface area contributed by atoms with Crippen molar-refractivity contribution < 1.29 is 24.9 Å². The molecular formula is C25H42O5. The summed E-state index contributed by atoms with van der Waals surface area (Å²) in [6.45, 7) is 6.85. The summed E-state index contributed by atoms with van der Waals surface area (Å²) in [7, 11) is 1.44. The largest absolute Gasteiger partial charge is 0.469 e. The molecule has 11 atom stereocenters. The Morgan fingerprint density at radius 3 is 2.50 bits per heavy atom. The van der Waals surface area contributed by atoms with Crippen LogP contribution in [0, 0.1) is 46.3 Å². The summed E-state index contributed by atoms with van der Waals surface area (Å²) in [5.74, 6) is 1.81. The second-order valence-electron chi connectivity index (χ2n) is 11.6. The SMILES string of the molecule is COC(=O)CC[C@H](C)[C@@H]1CC[C@H]2[C@@H]3[C@@H](O)C[C@H]4C[C@@H](O)CC[C@]4(C)[C@H]3C[C@H](O)[C@@]21C. The summed E-state index contributed by atoms with van der Waals surface area (Å²) < 4.78 is 4.83. The molecule has 0 radical (unpaired) electrons. The summed E-state index contributed by atoms with van der Waals surface area (Å²) in [4.78, 5) is 11.7. The maximum atomic E-state index is 11.7. The fourth-order valence-electron chi connectivity index (χ4n) is 8.78. The molecule has 0 bridgehead atoms. The van der Waals surface area contributed by atoms with Crippen LogP contribution in [0.15, 0.2) is 0 Å². The quantitative estimate of drug-likeness (QED) is 0.603. The summed E-state index contributed by atoms with van der Waals surface area (Å²) >= 11 is 0. The van der Waals surface area contributed by atoms with Gasteiger partial charge in [0.25, 0.3) is 0 Å². The van der Waals surface area contributed by atoms with Crippen molar-refractivity contribution in [3.05, 3.63) is 0 Å². The van der Waals surface area contributed by atoms with Crippen LogP contribution in [0.4, 0.5) is 0 Å². The minimum atomic E-state index is -0.369. The lowest BCUT2D eigenvalue weighted by Gasteiger charge is -2.63. The van der Waals surface area contributed by atoms with Gasteiger partial charge in [0.15, 0.2) is 0 Å². The second-order valence-corrected chi connectivity index (χ2v) is 11.6. The molecule has 4 aliphatic carbocycles. The highest BCUT2D eigenvalue weighted by atomic mass is 16.5. The van der Waals surface area contributed by atoms with Crippen molar-refractivity contribution in [2.24, 2.45) is 46.3 Å². The molecular weight excluding hydrogens is 380 g/mol. The van der Waals surface area contributed by atoms with E-state index in [0.717, 1.165) is 51.4 Å². The zero-order valence-corrected chi connectivity index (χ0v) is 19.2. The standard InChI is InChI=1S/C25H42O5/c1-14(5-8-22(29)30-4)17-6-7-18-23-19(13-21(28)25(17,18)3)24(2)10-9-16(26)11-15(24)12-20(23)27/h14-21,23,26-28H,5-13H2,1-4H3/t14-,15+,16-,17-,18-,19-,20-,21-,23-,24-,25+/m0/s1. The second kappa shape index (κ2) is 8.04. The molecule has 4 saturated carbocycles. The number of fused-ring (bicyclic) bond motifs is 5. The van der Waals surface area contributed by atoms with Gasteiger partial charge in [-0.2, -0.15) is 0 Å². The van der Waals surface area contributed by atoms with Crippen molar-refractivity contribution >= 4 is 5.97 Å². The summed E-state index contributed by atoms with van der Waals surface area (Å²) in [6.07, 6.45) is 6.60. The first-order valence-corrected chi connectivity index (χ1v) is 12.2. The van der Waals surface area contributed by atoms with Crippen LogP contribution in [0.2, 0.25) is 0 Å². The average molecular weight is 423 g/mol. The molecule has 0 aromatic rings. The molecule has 0 saturated heterocycles.